The fourth-order valence-electron chi connectivity index (χ4n) is 0.718. The Hall–Kier alpha value is -1.13. The zero-order valence-electron chi connectivity index (χ0n) is 6.23. The summed E-state index contributed by atoms with van der Waals surface area (Å²) in [7, 11) is 0. The number of nitrogens with zero attached hydrogens (tertiary/aromatic N) is 1. The smallest absolute Gasteiger partial charge is 0.354 e. The van der Waals surface area contributed by atoms with Gasteiger partial charge in [0.1, 0.15) is 5.69 Å². The van der Waals surface area contributed by atoms with Crippen molar-refractivity contribution in [1.29, 1.82) is 0 Å². The van der Waals surface area contributed by atoms with Crippen LogP contribution in [0.2, 0.25) is 0 Å². The van der Waals surface area contributed by atoms with Gasteiger partial charge in [0.05, 0.1) is 0 Å². The average molecular weight is 189 g/mol. The van der Waals surface area contributed by atoms with Gasteiger partial charge in [0.15, 0.2) is 0 Å². The number of carboxylic acids is 1. The molecule has 0 amide bonds. The Balaban J connectivity index is 0.00000121. The molecule has 0 spiro atoms. The third-order valence-electron chi connectivity index (χ3n) is 1.28. The van der Waals surface area contributed by atoms with Crippen molar-refractivity contribution in [2.45, 2.75) is 6.54 Å². The maximum atomic E-state index is 10.4. The first kappa shape index (κ1) is 10.9. The van der Waals surface area contributed by atoms with E-state index in [4.69, 9.17) is 10.8 Å². The maximum Gasteiger partial charge on any atom is 0.354 e. The zero-order valence-corrected chi connectivity index (χ0v) is 7.04. The zero-order chi connectivity index (χ0) is 8.27. The van der Waals surface area contributed by atoms with Crippen LogP contribution in [0.1, 0.15) is 16.1 Å². The molecule has 1 aromatic rings. The van der Waals surface area contributed by atoms with Gasteiger partial charge in [-0.25, -0.2) is 9.78 Å². The first-order chi connectivity index (χ1) is 5.24. The summed E-state index contributed by atoms with van der Waals surface area (Å²) in [5, 5.41) is 8.50. The highest BCUT2D eigenvalue weighted by Gasteiger charge is 2.02. The second-order valence-corrected chi connectivity index (χ2v) is 2.06. The highest BCUT2D eigenvalue weighted by atomic mass is 35.5. The number of pyridine rings is 1. The van der Waals surface area contributed by atoms with E-state index in [0.29, 0.717) is 6.54 Å². The van der Waals surface area contributed by atoms with Crippen molar-refractivity contribution >= 4 is 18.4 Å². The second kappa shape index (κ2) is 4.69. The van der Waals surface area contributed by atoms with E-state index in [0.717, 1.165) is 5.56 Å². The van der Waals surface area contributed by atoms with Gasteiger partial charge >= 0.3 is 5.97 Å². The molecular weight excluding hydrogens is 180 g/mol. The molecule has 1 heterocycles. The van der Waals surface area contributed by atoms with Crippen molar-refractivity contribution in [3.8, 4) is 0 Å². The van der Waals surface area contributed by atoms with Crippen LogP contribution in [0.25, 0.3) is 0 Å². The molecular formula is C7H9ClN2O2. The molecule has 66 valence electrons. The number of aromatic carboxylic acids is 1. The predicted octanol–water partition coefficient (Wildman–Crippen LogP) is 0.660. The third-order valence-corrected chi connectivity index (χ3v) is 1.28. The van der Waals surface area contributed by atoms with Gasteiger partial charge in [0.2, 0.25) is 0 Å². The van der Waals surface area contributed by atoms with E-state index in [1.807, 2.05) is 0 Å². The van der Waals surface area contributed by atoms with Gasteiger partial charge in [0.25, 0.3) is 0 Å². The number of hydrogen-bond acceptors (Lipinski definition) is 3. The van der Waals surface area contributed by atoms with Crippen LogP contribution in [0.5, 0.6) is 0 Å². The van der Waals surface area contributed by atoms with Crippen LogP contribution in [0, 0.1) is 0 Å². The van der Waals surface area contributed by atoms with Crippen molar-refractivity contribution < 1.29 is 9.90 Å². The second-order valence-electron chi connectivity index (χ2n) is 2.06. The van der Waals surface area contributed by atoms with Gasteiger partial charge in [-0.15, -0.1) is 12.4 Å². The van der Waals surface area contributed by atoms with E-state index in [1.165, 1.54) is 12.3 Å². The minimum Gasteiger partial charge on any atom is -0.477 e. The summed E-state index contributed by atoms with van der Waals surface area (Å²) in [6, 6.07) is 3.15. The Bertz CT molecular complexity index is 278. The Morgan fingerprint density at radius 1 is 1.67 bits per heavy atom. The van der Waals surface area contributed by atoms with Crippen LogP contribution in [0.15, 0.2) is 18.3 Å². The van der Waals surface area contributed by atoms with Crippen LogP contribution in [-0.4, -0.2) is 16.1 Å². The summed E-state index contributed by atoms with van der Waals surface area (Å²) in [5.41, 5.74) is 6.11. The minimum atomic E-state index is -1.03. The lowest BCUT2D eigenvalue weighted by Gasteiger charge is -1.96. The SMILES string of the molecule is Cl.NCc1ccnc(C(=O)O)c1. The van der Waals surface area contributed by atoms with E-state index in [2.05, 4.69) is 4.98 Å². The number of carbonyl (C=O) groups is 1. The summed E-state index contributed by atoms with van der Waals surface area (Å²) >= 11 is 0. The molecule has 1 rings (SSSR count). The van der Waals surface area contributed by atoms with Crippen LogP contribution in [0.3, 0.4) is 0 Å². The number of nitrogens with two attached hydrogens (primary N) is 1. The molecule has 0 unspecified atom stereocenters. The Kier molecular flexibility index (Phi) is 4.25. The lowest BCUT2D eigenvalue weighted by Crippen LogP contribution is -2.03. The van der Waals surface area contributed by atoms with Crippen molar-refractivity contribution in [1.82, 2.24) is 4.98 Å². The van der Waals surface area contributed by atoms with E-state index in [-0.39, 0.29) is 18.1 Å². The van der Waals surface area contributed by atoms with E-state index >= 15 is 0 Å². The molecule has 5 heteroatoms. The lowest BCUT2D eigenvalue weighted by molar-refractivity contribution is 0.0690. The maximum absolute atomic E-state index is 10.4. The molecule has 0 atom stereocenters. The fraction of sp³-hybridized carbons (Fsp3) is 0.143. The summed E-state index contributed by atoms with van der Waals surface area (Å²) in [6.45, 7) is 0.336. The Labute approximate surface area is 75.8 Å². The number of carboxylic acid groups (broad SMARTS) is 1. The summed E-state index contributed by atoms with van der Waals surface area (Å²) in [6.07, 6.45) is 1.44. The number of aromatic nitrogens is 1. The van der Waals surface area contributed by atoms with Crippen molar-refractivity contribution in [3.05, 3.63) is 29.6 Å². The van der Waals surface area contributed by atoms with Gasteiger partial charge in [-0.1, -0.05) is 0 Å². The van der Waals surface area contributed by atoms with Gasteiger partial charge in [-0.2, -0.15) is 0 Å². The van der Waals surface area contributed by atoms with Crippen LogP contribution in [-0.2, 0) is 6.54 Å². The molecule has 4 nitrogen and oxygen atoms in total. The first-order valence-electron chi connectivity index (χ1n) is 3.12. The van der Waals surface area contributed by atoms with Gasteiger partial charge in [-0.3, -0.25) is 0 Å². The van der Waals surface area contributed by atoms with Gasteiger partial charge in [0, 0.05) is 12.7 Å². The normalized spacial score (nSPS) is 8.75. The predicted molar refractivity (Wildman–Crippen MR) is 46.3 cm³/mol. The van der Waals surface area contributed by atoms with Gasteiger partial charge in [-0.05, 0) is 17.7 Å². The van der Waals surface area contributed by atoms with Crippen molar-refractivity contribution in [2.75, 3.05) is 0 Å². The standard InChI is InChI=1S/C7H8N2O2.ClH/c8-4-5-1-2-9-6(3-5)7(10)11;/h1-3H,4,8H2,(H,10,11);1H. The summed E-state index contributed by atoms with van der Waals surface area (Å²) in [5.74, 6) is -1.03. The fourth-order valence-corrected chi connectivity index (χ4v) is 0.718. The number of hydrogen-bond donors (Lipinski definition) is 2. The van der Waals surface area contributed by atoms with Crippen molar-refractivity contribution in [3.63, 3.8) is 0 Å². The quantitative estimate of drug-likeness (QED) is 0.715. The number of rotatable bonds is 2. The van der Waals surface area contributed by atoms with Crippen LogP contribution in [0.4, 0.5) is 0 Å². The molecule has 0 saturated carbocycles. The Morgan fingerprint density at radius 2 is 2.33 bits per heavy atom. The average Bonchev–Trinajstić information content (AvgIpc) is 2.05. The van der Waals surface area contributed by atoms with Crippen LogP contribution >= 0.6 is 12.4 Å². The molecule has 1 aromatic heterocycles. The number of halogens is 1. The third kappa shape index (κ3) is 2.48. The molecule has 0 aliphatic rings. The highest BCUT2D eigenvalue weighted by molar-refractivity contribution is 5.85. The molecule has 0 fully saturated rings. The monoisotopic (exact) mass is 188 g/mol. The molecule has 0 aromatic carbocycles. The molecule has 0 saturated heterocycles. The molecule has 12 heavy (non-hydrogen) atoms. The van der Waals surface area contributed by atoms with E-state index in [1.54, 1.807) is 6.07 Å². The molecule has 0 aliphatic carbocycles. The lowest BCUT2D eigenvalue weighted by atomic mass is 10.2. The van der Waals surface area contributed by atoms with Gasteiger partial charge < -0.3 is 10.8 Å². The minimum absolute atomic E-state index is 0. The summed E-state index contributed by atoms with van der Waals surface area (Å²) in [4.78, 5) is 14.0. The topological polar surface area (TPSA) is 76.2 Å². The Morgan fingerprint density at radius 3 is 2.83 bits per heavy atom. The molecule has 0 aliphatic heterocycles. The molecule has 3 N–H and O–H groups in total. The molecule has 0 radical (unpaired) electrons. The summed E-state index contributed by atoms with van der Waals surface area (Å²) < 4.78 is 0. The van der Waals surface area contributed by atoms with Crippen molar-refractivity contribution in [2.24, 2.45) is 5.73 Å². The first-order valence-corrected chi connectivity index (χ1v) is 3.12. The van der Waals surface area contributed by atoms with E-state index in [9.17, 15) is 4.79 Å². The van der Waals surface area contributed by atoms with E-state index < -0.39 is 5.97 Å². The largest absolute Gasteiger partial charge is 0.477 e. The molecule has 0 bridgehead atoms. The van der Waals surface area contributed by atoms with Crippen LogP contribution < -0.4 is 5.73 Å². The highest BCUT2D eigenvalue weighted by Crippen LogP contribution is 1.99.